The Morgan fingerprint density at radius 1 is 1.28 bits per heavy atom. The fourth-order valence-electron chi connectivity index (χ4n) is 1.45. The predicted molar refractivity (Wildman–Crippen MR) is 57.1 cm³/mol. The first kappa shape index (κ1) is 14.4. The summed E-state index contributed by atoms with van der Waals surface area (Å²) in [6, 6.07) is 5.02. The van der Waals surface area contributed by atoms with E-state index in [0.717, 1.165) is 25.1 Å². The van der Waals surface area contributed by atoms with E-state index < -0.39 is 12.1 Å². The molecule has 0 unspecified atom stereocenters. The molecule has 1 amide bonds. The third-order valence-electron chi connectivity index (χ3n) is 2.33. The van der Waals surface area contributed by atoms with Crippen molar-refractivity contribution in [1.29, 1.82) is 0 Å². The number of nitrogens with one attached hydrogen (secondary N) is 1. The Bertz CT molecular complexity index is 432. The molecule has 0 spiro atoms. The van der Waals surface area contributed by atoms with Gasteiger partial charge in [-0.3, -0.25) is 4.79 Å². The van der Waals surface area contributed by atoms with Gasteiger partial charge < -0.3 is 11.1 Å². The number of amides is 1. The normalized spacial score (nSPS) is 14.2. The van der Waals surface area contributed by atoms with Crippen LogP contribution < -0.4 is 11.1 Å². The van der Waals surface area contributed by atoms with Gasteiger partial charge in [-0.1, -0.05) is 6.07 Å². The minimum atomic E-state index is -4.86. The highest BCUT2D eigenvalue weighted by atomic mass is 19.4. The molecule has 0 saturated carbocycles. The number of carbonyl (C=O) groups is 1. The van der Waals surface area contributed by atoms with Gasteiger partial charge in [-0.2, -0.15) is 13.2 Å². The number of primary amides is 1. The number of benzene rings is 1. The van der Waals surface area contributed by atoms with Crippen molar-refractivity contribution in [1.82, 2.24) is 5.32 Å². The number of halogens is 4. The number of hydrogen-bond acceptors (Lipinski definition) is 2. The lowest BCUT2D eigenvalue weighted by atomic mass is 10.0. The van der Waals surface area contributed by atoms with E-state index in [2.05, 4.69) is 11.1 Å². The molecule has 1 aromatic carbocycles. The minimum absolute atomic E-state index is 0.132. The Hall–Kier alpha value is -1.63. The maximum atomic E-state index is 12.7. The topological polar surface area (TPSA) is 55.1 Å². The zero-order valence-electron chi connectivity index (χ0n) is 9.35. The van der Waals surface area contributed by atoms with Crippen molar-refractivity contribution in [3.63, 3.8) is 0 Å². The van der Waals surface area contributed by atoms with Crippen molar-refractivity contribution in [2.24, 2.45) is 5.73 Å². The molecule has 3 N–H and O–H groups in total. The molecule has 100 valence electrons. The Kier molecular flexibility index (Phi) is 4.66. The summed E-state index contributed by atoms with van der Waals surface area (Å²) in [5.41, 5.74) is 6.20. The van der Waals surface area contributed by atoms with Gasteiger partial charge in [0.15, 0.2) is 0 Å². The Labute approximate surface area is 101 Å². The molecule has 0 fully saturated rings. The maximum Gasteiger partial charge on any atom is 0.470 e. The number of hydrogen-bond donors (Lipinski definition) is 2. The lowest BCUT2D eigenvalue weighted by molar-refractivity contribution is -0.169. The second-order valence-electron chi connectivity index (χ2n) is 3.70. The van der Waals surface area contributed by atoms with Crippen molar-refractivity contribution in [2.75, 3.05) is 6.54 Å². The smallest absolute Gasteiger partial charge is 0.362 e. The first-order valence-electron chi connectivity index (χ1n) is 5.15. The molecule has 0 atom stereocenters. The summed E-state index contributed by atoms with van der Waals surface area (Å²) >= 11 is 0. The first-order chi connectivity index (χ1) is 8.30. The van der Waals surface area contributed by atoms with Crippen LogP contribution in [0.15, 0.2) is 18.2 Å². The van der Waals surface area contributed by atoms with Gasteiger partial charge in [0.25, 0.3) is 0 Å². The van der Waals surface area contributed by atoms with E-state index in [1.54, 1.807) is 6.07 Å². The average molecular weight is 264 g/mol. The highest BCUT2D eigenvalue weighted by molar-refractivity contribution is 5.79. The molecule has 0 radical (unpaired) electrons. The molecule has 1 aliphatic rings. The van der Waals surface area contributed by atoms with Gasteiger partial charge in [-0.25, -0.2) is 4.39 Å². The molecule has 0 saturated heterocycles. The lowest BCUT2D eigenvalue weighted by Gasteiger charge is -2.16. The second kappa shape index (κ2) is 5.81. The van der Waals surface area contributed by atoms with Crippen LogP contribution in [-0.2, 0) is 17.8 Å². The molecule has 7 heteroatoms. The van der Waals surface area contributed by atoms with Gasteiger partial charge in [-0.15, -0.1) is 0 Å². The molecule has 1 aromatic rings. The van der Waals surface area contributed by atoms with Crippen LogP contribution in [0.5, 0.6) is 0 Å². The largest absolute Gasteiger partial charge is 0.470 e. The van der Waals surface area contributed by atoms with Crippen LogP contribution in [0, 0.1) is 5.82 Å². The Balaban J connectivity index is 0.000000203. The van der Waals surface area contributed by atoms with E-state index in [9.17, 15) is 17.6 Å². The van der Waals surface area contributed by atoms with Crippen molar-refractivity contribution < 1.29 is 22.4 Å². The third-order valence-corrected chi connectivity index (χ3v) is 2.33. The van der Waals surface area contributed by atoms with Gasteiger partial charge in [0, 0.05) is 6.54 Å². The van der Waals surface area contributed by atoms with Crippen molar-refractivity contribution in [3.8, 4) is 0 Å². The third kappa shape index (κ3) is 4.33. The SMILES string of the molecule is Fc1ccc2c(c1)CNCC2.NC(=O)C(F)(F)F. The number of rotatable bonds is 0. The Morgan fingerprint density at radius 3 is 2.44 bits per heavy atom. The van der Waals surface area contributed by atoms with E-state index in [-0.39, 0.29) is 5.82 Å². The summed E-state index contributed by atoms with van der Waals surface area (Å²) in [5, 5.41) is 3.20. The van der Waals surface area contributed by atoms with E-state index in [1.165, 1.54) is 11.6 Å². The number of fused-ring (bicyclic) bond motifs is 1. The molecule has 0 aromatic heterocycles. The predicted octanol–water partition coefficient (Wildman–Crippen LogP) is 1.51. The van der Waals surface area contributed by atoms with Gasteiger partial charge in [-0.05, 0) is 36.2 Å². The van der Waals surface area contributed by atoms with Crippen LogP contribution in [0.25, 0.3) is 0 Å². The van der Waals surface area contributed by atoms with Gasteiger partial charge in [0.05, 0.1) is 0 Å². The quantitative estimate of drug-likeness (QED) is 0.698. The summed E-state index contributed by atoms with van der Waals surface area (Å²) in [6.45, 7) is 1.83. The molecule has 0 aliphatic carbocycles. The van der Waals surface area contributed by atoms with E-state index in [0.29, 0.717) is 0 Å². The van der Waals surface area contributed by atoms with E-state index in [1.807, 2.05) is 6.07 Å². The molecule has 2 rings (SSSR count). The van der Waals surface area contributed by atoms with Crippen LogP contribution in [0.4, 0.5) is 17.6 Å². The summed E-state index contributed by atoms with van der Waals surface area (Å²) in [5.74, 6) is -2.39. The fraction of sp³-hybridized carbons (Fsp3) is 0.364. The molecule has 0 bridgehead atoms. The summed E-state index contributed by atoms with van der Waals surface area (Å²) in [7, 11) is 0. The molecule has 18 heavy (non-hydrogen) atoms. The van der Waals surface area contributed by atoms with Crippen LogP contribution in [0.1, 0.15) is 11.1 Å². The molecule has 1 heterocycles. The van der Waals surface area contributed by atoms with Crippen LogP contribution in [0.2, 0.25) is 0 Å². The van der Waals surface area contributed by atoms with Crippen LogP contribution >= 0.6 is 0 Å². The zero-order chi connectivity index (χ0) is 13.8. The monoisotopic (exact) mass is 264 g/mol. The van der Waals surface area contributed by atoms with E-state index >= 15 is 0 Å². The van der Waals surface area contributed by atoms with Crippen molar-refractivity contribution >= 4 is 5.91 Å². The second-order valence-corrected chi connectivity index (χ2v) is 3.70. The number of nitrogens with two attached hydrogens (primary N) is 1. The molecular formula is C11H12F4N2O. The summed E-state index contributed by atoms with van der Waals surface area (Å²) in [6.07, 6.45) is -3.84. The molecule has 1 aliphatic heterocycles. The fourth-order valence-corrected chi connectivity index (χ4v) is 1.45. The summed E-state index contributed by atoms with van der Waals surface area (Å²) < 4.78 is 44.8. The first-order valence-corrected chi connectivity index (χ1v) is 5.15. The van der Waals surface area contributed by atoms with E-state index in [4.69, 9.17) is 4.79 Å². The highest BCUT2D eigenvalue weighted by Gasteiger charge is 2.35. The maximum absolute atomic E-state index is 12.7. The molecule has 3 nitrogen and oxygen atoms in total. The van der Waals surface area contributed by atoms with Gasteiger partial charge in [0.1, 0.15) is 5.82 Å². The lowest BCUT2D eigenvalue weighted by Crippen LogP contribution is -2.30. The van der Waals surface area contributed by atoms with Gasteiger partial charge in [0.2, 0.25) is 0 Å². The standard InChI is InChI=1S/C9H10FN.C2H2F3NO/c10-9-2-1-7-3-4-11-6-8(7)5-9;3-2(4,5)1(6)7/h1-2,5,11H,3-4,6H2;(H2,6,7). The number of carbonyl (C=O) groups excluding carboxylic acids is 1. The van der Waals surface area contributed by atoms with Crippen LogP contribution in [-0.4, -0.2) is 18.6 Å². The minimum Gasteiger partial charge on any atom is -0.362 e. The molecular weight excluding hydrogens is 252 g/mol. The van der Waals surface area contributed by atoms with Gasteiger partial charge >= 0.3 is 12.1 Å². The summed E-state index contributed by atoms with van der Waals surface area (Å²) in [4.78, 5) is 9.12. The average Bonchev–Trinajstić information content (AvgIpc) is 2.28. The van der Waals surface area contributed by atoms with Crippen LogP contribution in [0.3, 0.4) is 0 Å². The Morgan fingerprint density at radius 2 is 1.89 bits per heavy atom. The van der Waals surface area contributed by atoms with Crippen molar-refractivity contribution in [3.05, 3.63) is 35.1 Å². The van der Waals surface area contributed by atoms with Crippen molar-refractivity contribution in [2.45, 2.75) is 19.1 Å². The highest BCUT2D eigenvalue weighted by Crippen LogP contribution is 2.14. The number of alkyl halides is 3. The zero-order valence-corrected chi connectivity index (χ0v) is 9.35.